The Morgan fingerprint density at radius 3 is 2.69 bits per heavy atom. The number of nitrogens with zero attached hydrogens (tertiary/aromatic N) is 2. The molecular formula is C20H22ClN3O2. The minimum absolute atomic E-state index is 0.125. The average molecular weight is 372 g/mol. The molecule has 1 aliphatic rings. The number of aromatic nitrogens is 2. The topological polar surface area (TPSA) is 61.4 Å². The second-order valence-electron chi connectivity index (χ2n) is 6.83. The van der Waals surface area contributed by atoms with Gasteiger partial charge in [-0.3, -0.25) is 0 Å². The summed E-state index contributed by atoms with van der Waals surface area (Å²) in [6.07, 6.45) is 1.58. The monoisotopic (exact) mass is 371 g/mol. The average Bonchev–Trinajstić information content (AvgIpc) is 3.07. The Labute approximate surface area is 157 Å². The summed E-state index contributed by atoms with van der Waals surface area (Å²) in [6.45, 7) is 2.01. The van der Waals surface area contributed by atoms with Crippen molar-refractivity contribution in [2.24, 2.45) is 0 Å². The zero-order chi connectivity index (χ0) is 18.1. The second kappa shape index (κ2) is 7.27. The summed E-state index contributed by atoms with van der Waals surface area (Å²) in [5.41, 5.74) is 2.29. The molecule has 1 fully saturated rings. The number of nitrogens with one attached hydrogen (secondary N) is 1. The van der Waals surface area contributed by atoms with Gasteiger partial charge in [0.15, 0.2) is 0 Å². The fraction of sp³-hybridized carbons (Fsp3) is 0.350. The lowest BCUT2D eigenvalue weighted by Gasteiger charge is -2.31. The van der Waals surface area contributed by atoms with Gasteiger partial charge in [-0.25, -0.2) is 4.98 Å². The summed E-state index contributed by atoms with van der Waals surface area (Å²) in [7, 11) is 2.12. The highest BCUT2D eigenvalue weighted by Gasteiger charge is 2.27. The third-order valence-corrected chi connectivity index (χ3v) is 5.26. The number of ether oxygens (including phenoxy) is 1. The van der Waals surface area contributed by atoms with Crippen molar-refractivity contribution in [3.63, 3.8) is 0 Å². The number of hydrogen-bond acceptors (Lipinski definition) is 4. The lowest BCUT2D eigenvalue weighted by Crippen LogP contribution is -2.35. The van der Waals surface area contributed by atoms with Crippen LogP contribution in [0, 0.1) is 0 Å². The van der Waals surface area contributed by atoms with E-state index in [1.54, 1.807) is 12.1 Å². The molecule has 0 bridgehead atoms. The molecule has 4 rings (SSSR count). The van der Waals surface area contributed by atoms with Crippen LogP contribution in [0.15, 0.2) is 42.5 Å². The normalized spacial score (nSPS) is 17.6. The molecule has 1 aliphatic heterocycles. The van der Waals surface area contributed by atoms with E-state index in [0.717, 1.165) is 37.0 Å². The Kier molecular flexibility index (Phi) is 4.85. The summed E-state index contributed by atoms with van der Waals surface area (Å²) in [5, 5.41) is 11.0. The van der Waals surface area contributed by atoms with Gasteiger partial charge in [-0.15, -0.1) is 0 Å². The molecular weight excluding hydrogens is 350 g/mol. The summed E-state index contributed by atoms with van der Waals surface area (Å²) in [6, 6.07) is 12.9. The lowest BCUT2D eigenvalue weighted by molar-refractivity contribution is -0.0271. The fourth-order valence-corrected chi connectivity index (χ4v) is 3.66. The highest BCUT2D eigenvalue weighted by atomic mass is 35.5. The van der Waals surface area contributed by atoms with E-state index in [9.17, 15) is 5.11 Å². The Morgan fingerprint density at radius 2 is 1.96 bits per heavy atom. The maximum Gasteiger partial charge on any atom is 0.144 e. The van der Waals surface area contributed by atoms with Crippen LogP contribution in [0.2, 0.25) is 5.02 Å². The number of benzene rings is 2. The minimum atomic E-state index is -0.465. The highest BCUT2D eigenvalue weighted by Crippen LogP contribution is 2.35. The summed E-state index contributed by atoms with van der Waals surface area (Å²) in [5.74, 6) is 0.866. The van der Waals surface area contributed by atoms with Crippen LogP contribution < -0.4 is 0 Å². The number of imidazole rings is 1. The molecule has 1 aromatic heterocycles. The third kappa shape index (κ3) is 3.43. The molecule has 0 aliphatic carbocycles. The van der Waals surface area contributed by atoms with E-state index >= 15 is 0 Å². The van der Waals surface area contributed by atoms with Gasteiger partial charge in [0.1, 0.15) is 17.7 Å². The number of piperidine rings is 1. The van der Waals surface area contributed by atoms with Gasteiger partial charge in [-0.05, 0) is 38.1 Å². The van der Waals surface area contributed by atoms with Gasteiger partial charge in [0.05, 0.1) is 22.2 Å². The van der Waals surface area contributed by atoms with Crippen LogP contribution in [0.1, 0.15) is 30.3 Å². The first-order chi connectivity index (χ1) is 12.6. The van der Waals surface area contributed by atoms with Crippen molar-refractivity contribution in [3.8, 4) is 5.75 Å². The zero-order valence-corrected chi connectivity index (χ0v) is 15.4. The predicted molar refractivity (Wildman–Crippen MR) is 103 cm³/mol. The standard InChI is InChI=1S/C20H22ClN3O2/c1-24-11-9-13(10-12-24)26-19(14-5-2-3-8-17(14)25)20-22-16-7-4-6-15(21)18(16)23-20/h2-8,13,19,25H,9-12H2,1H3,(H,22,23). The van der Waals surface area contributed by atoms with Crippen molar-refractivity contribution >= 4 is 22.6 Å². The van der Waals surface area contributed by atoms with E-state index in [-0.39, 0.29) is 11.9 Å². The van der Waals surface area contributed by atoms with Crippen LogP contribution in [-0.4, -0.2) is 46.2 Å². The van der Waals surface area contributed by atoms with Crippen molar-refractivity contribution in [3.05, 3.63) is 58.9 Å². The summed E-state index contributed by atoms with van der Waals surface area (Å²) in [4.78, 5) is 10.3. The summed E-state index contributed by atoms with van der Waals surface area (Å²) >= 11 is 6.29. The number of phenols is 1. The Balaban J connectivity index is 1.72. The van der Waals surface area contributed by atoms with Crippen molar-refractivity contribution in [1.82, 2.24) is 14.9 Å². The van der Waals surface area contributed by atoms with Crippen molar-refractivity contribution in [2.45, 2.75) is 25.0 Å². The van der Waals surface area contributed by atoms with Crippen LogP contribution >= 0.6 is 11.6 Å². The smallest absolute Gasteiger partial charge is 0.144 e. The minimum Gasteiger partial charge on any atom is -0.508 e. The molecule has 5 nitrogen and oxygen atoms in total. The Morgan fingerprint density at radius 1 is 1.19 bits per heavy atom. The van der Waals surface area contributed by atoms with Crippen LogP contribution in [0.5, 0.6) is 5.75 Å². The maximum atomic E-state index is 10.4. The molecule has 1 saturated heterocycles. The SMILES string of the molecule is CN1CCC(OC(c2nc3cccc(Cl)c3[nH]2)c2ccccc2O)CC1. The first-order valence-electron chi connectivity index (χ1n) is 8.88. The maximum absolute atomic E-state index is 10.4. The number of aromatic hydroxyl groups is 1. The molecule has 26 heavy (non-hydrogen) atoms. The van der Waals surface area contributed by atoms with E-state index < -0.39 is 6.10 Å². The van der Waals surface area contributed by atoms with Crippen LogP contribution in [-0.2, 0) is 4.74 Å². The number of aromatic amines is 1. The van der Waals surface area contributed by atoms with E-state index in [1.165, 1.54) is 0 Å². The van der Waals surface area contributed by atoms with Crippen LogP contribution in [0.25, 0.3) is 11.0 Å². The molecule has 2 heterocycles. The number of H-pyrrole nitrogens is 1. The molecule has 1 unspecified atom stereocenters. The second-order valence-corrected chi connectivity index (χ2v) is 7.24. The van der Waals surface area contributed by atoms with Crippen molar-refractivity contribution in [2.75, 3.05) is 20.1 Å². The van der Waals surface area contributed by atoms with Gasteiger partial charge in [0.2, 0.25) is 0 Å². The molecule has 1 atom stereocenters. The van der Waals surface area contributed by atoms with Crippen molar-refractivity contribution in [1.29, 1.82) is 0 Å². The van der Waals surface area contributed by atoms with Crippen LogP contribution in [0.4, 0.5) is 0 Å². The zero-order valence-electron chi connectivity index (χ0n) is 14.7. The van der Waals surface area contributed by atoms with E-state index in [1.807, 2.05) is 30.3 Å². The van der Waals surface area contributed by atoms with Gasteiger partial charge in [-0.2, -0.15) is 0 Å². The van der Waals surface area contributed by atoms with Gasteiger partial charge < -0.3 is 19.7 Å². The molecule has 0 spiro atoms. The van der Waals surface area contributed by atoms with Crippen LogP contribution in [0.3, 0.4) is 0 Å². The molecule has 2 aromatic carbocycles. The van der Waals surface area contributed by atoms with Crippen molar-refractivity contribution < 1.29 is 9.84 Å². The fourth-order valence-electron chi connectivity index (χ4n) is 3.45. The third-order valence-electron chi connectivity index (χ3n) is 4.95. The number of halogens is 1. The molecule has 3 aromatic rings. The number of para-hydroxylation sites is 2. The Hall–Kier alpha value is -2.08. The first-order valence-corrected chi connectivity index (χ1v) is 9.25. The van der Waals surface area contributed by atoms with Gasteiger partial charge in [-0.1, -0.05) is 35.9 Å². The van der Waals surface area contributed by atoms with Gasteiger partial charge >= 0.3 is 0 Å². The van der Waals surface area contributed by atoms with E-state index in [4.69, 9.17) is 16.3 Å². The number of phenolic OH excluding ortho intramolecular Hbond substituents is 1. The number of fused-ring (bicyclic) bond motifs is 1. The molecule has 6 heteroatoms. The number of rotatable bonds is 4. The lowest BCUT2D eigenvalue weighted by atomic mass is 10.0. The molecule has 2 N–H and O–H groups in total. The molecule has 0 saturated carbocycles. The quantitative estimate of drug-likeness (QED) is 0.724. The molecule has 136 valence electrons. The van der Waals surface area contributed by atoms with E-state index in [2.05, 4.69) is 21.9 Å². The number of hydrogen-bond donors (Lipinski definition) is 2. The molecule has 0 radical (unpaired) electrons. The molecule has 0 amide bonds. The number of likely N-dealkylation sites (tertiary alicyclic amines) is 1. The van der Waals surface area contributed by atoms with Gasteiger partial charge in [0.25, 0.3) is 0 Å². The predicted octanol–water partition coefficient (Wildman–Crippen LogP) is 4.12. The van der Waals surface area contributed by atoms with E-state index in [0.29, 0.717) is 16.4 Å². The first kappa shape index (κ1) is 17.3. The highest BCUT2D eigenvalue weighted by molar-refractivity contribution is 6.34. The summed E-state index contributed by atoms with van der Waals surface area (Å²) < 4.78 is 6.44. The Bertz CT molecular complexity index is 903. The largest absolute Gasteiger partial charge is 0.508 e. The van der Waals surface area contributed by atoms with Gasteiger partial charge in [0, 0.05) is 18.7 Å².